The van der Waals surface area contributed by atoms with Gasteiger partial charge in [0.15, 0.2) is 0 Å². The minimum Gasteiger partial charge on any atom is -0.177 e. The molecule has 0 N–H and O–H groups in total. The molecule has 0 saturated heterocycles. The molecule has 68 valence electrons. The largest absolute Gasteiger partial charge is 0.177 e. The van der Waals surface area contributed by atoms with Gasteiger partial charge < -0.3 is 0 Å². The van der Waals surface area contributed by atoms with Crippen LogP contribution in [0.3, 0.4) is 0 Å². The van der Waals surface area contributed by atoms with Gasteiger partial charge in [-0.3, -0.25) is 0 Å². The van der Waals surface area contributed by atoms with Crippen LogP contribution in [0.4, 0.5) is 0 Å². The van der Waals surface area contributed by atoms with E-state index in [1.165, 1.54) is 11.7 Å². The molecule has 0 aliphatic heterocycles. The molecule has 0 radical (unpaired) electrons. The van der Waals surface area contributed by atoms with Gasteiger partial charge in [-0.1, -0.05) is 32.1 Å². The van der Waals surface area contributed by atoms with E-state index in [1.54, 1.807) is 0 Å². The maximum Gasteiger partial charge on any atom is 0.100 e. The van der Waals surface area contributed by atoms with Crippen LogP contribution in [-0.2, 0) is 6.42 Å². The van der Waals surface area contributed by atoms with Crippen molar-refractivity contribution in [2.24, 2.45) is 5.41 Å². The van der Waals surface area contributed by atoms with Crippen LogP contribution in [0.15, 0.2) is 18.2 Å². The molecule has 13 heavy (non-hydrogen) atoms. The van der Waals surface area contributed by atoms with E-state index >= 15 is 0 Å². The lowest BCUT2D eigenvalue weighted by Crippen LogP contribution is -2.13. The van der Waals surface area contributed by atoms with Crippen molar-refractivity contribution >= 4 is 17.8 Å². The van der Waals surface area contributed by atoms with E-state index in [9.17, 15) is 0 Å². The number of aromatic nitrogens is 2. The summed E-state index contributed by atoms with van der Waals surface area (Å²) in [6, 6.07) is 0. The van der Waals surface area contributed by atoms with Gasteiger partial charge in [0.05, 0.1) is 17.4 Å². The van der Waals surface area contributed by atoms with Crippen LogP contribution in [0.2, 0.25) is 0 Å². The van der Waals surface area contributed by atoms with Crippen molar-refractivity contribution in [1.82, 2.24) is 8.75 Å². The SMILES string of the molecule is CC1(C)C=CC=Cc2nsnc2C1. The van der Waals surface area contributed by atoms with E-state index in [0.717, 1.165) is 17.8 Å². The summed E-state index contributed by atoms with van der Waals surface area (Å²) in [7, 11) is 0. The van der Waals surface area contributed by atoms with E-state index in [0.29, 0.717) is 0 Å². The van der Waals surface area contributed by atoms with Crippen LogP contribution in [0.5, 0.6) is 0 Å². The number of rotatable bonds is 0. The van der Waals surface area contributed by atoms with Crippen molar-refractivity contribution in [3.8, 4) is 0 Å². The summed E-state index contributed by atoms with van der Waals surface area (Å²) in [5.41, 5.74) is 2.34. The smallest absolute Gasteiger partial charge is 0.100 e. The third-order valence-electron chi connectivity index (χ3n) is 2.12. The summed E-state index contributed by atoms with van der Waals surface area (Å²) in [6.45, 7) is 4.43. The topological polar surface area (TPSA) is 25.8 Å². The van der Waals surface area contributed by atoms with Crippen LogP contribution >= 0.6 is 11.7 Å². The Kier molecular flexibility index (Phi) is 2.04. The van der Waals surface area contributed by atoms with Gasteiger partial charge in [-0.15, -0.1) is 0 Å². The fourth-order valence-electron chi connectivity index (χ4n) is 1.42. The molecule has 0 spiro atoms. The van der Waals surface area contributed by atoms with Gasteiger partial charge in [-0.05, 0) is 11.5 Å². The minimum atomic E-state index is 0.190. The molecule has 1 aliphatic rings. The predicted octanol–water partition coefficient (Wildman–Crippen LogP) is 2.69. The van der Waals surface area contributed by atoms with Crippen molar-refractivity contribution < 1.29 is 0 Å². The molecular formula is C10H12N2S. The number of nitrogens with zero attached hydrogens (tertiary/aromatic N) is 2. The van der Waals surface area contributed by atoms with Crippen molar-refractivity contribution in [3.05, 3.63) is 29.6 Å². The fraction of sp³-hybridized carbons (Fsp3) is 0.400. The van der Waals surface area contributed by atoms with Gasteiger partial charge in [0.1, 0.15) is 5.69 Å². The summed E-state index contributed by atoms with van der Waals surface area (Å²) in [6.07, 6.45) is 9.32. The molecule has 0 bridgehead atoms. The van der Waals surface area contributed by atoms with Gasteiger partial charge in [0.2, 0.25) is 0 Å². The summed E-state index contributed by atoms with van der Waals surface area (Å²) in [5, 5.41) is 0. The molecule has 2 rings (SSSR count). The zero-order valence-corrected chi connectivity index (χ0v) is 8.64. The summed E-state index contributed by atoms with van der Waals surface area (Å²) < 4.78 is 8.53. The normalized spacial score (nSPS) is 19.2. The highest BCUT2D eigenvalue weighted by Crippen LogP contribution is 2.26. The maximum absolute atomic E-state index is 4.30. The van der Waals surface area contributed by atoms with Gasteiger partial charge in [-0.25, -0.2) is 0 Å². The number of allylic oxidation sites excluding steroid dienone is 3. The number of hydrogen-bond acceptors (Lipinski definition) is 3. The molecule has 0 unspecified atom stereocenters. The van der Waals surface area contributed by atoms with Gasteiger partial charge in [-0.2, -0.15) is 8.75 Å². The first kappa shape index (κ1) is 8.63. The standard InChI is InChI=1S/C10H12N2S/c1-10(2)6-4-3-5-8-9(7-10)12-13-11-8/h3-6H,7H2,1-2H3. The Balaban J connectivity index is 2.43. The molecule has 3 heteroatoms. The van der Waals surface area contributed by atoms with Crippen molar-refractivity contribution in [2.75, 3.05) is 0 Å². The third-order valence-corrected chi connectivity index (χ3v) is 2.70. The minimum absolute atomic E-state index is 0.190. The van der Waals surface area contributed by atoms with Gasteiger partial charge in [0, 0.05) is 6.42 Å². The number of hydrogen-bond donors (Lipinski definition) is 0. The Labute approximate surface area is 82.3 Å². The van der Waals surface area contributed by atoms with Crippen LogP contribution in [0.25, 0.3) is 6.08 Å². The summed E-state index contributed by atoms with van der Waals surface area (Å²) >= 11 is 1.30. The molecule has 2 nitrogen and oxygen atoms in total. The van der Waals surface area contributed by atoms with E-state index in [1.807, 2.05) is 12.2 Å². The van der Waals surface area contributed by atoms with E-state index in [4.69, 9.17) is 0 Å². The van der Waals surface area contributed by atoms with Crippen LogP contribution < -0.4 is 0 Å². The second-order valence-corrected chi connectivity index (χ2v) is 4.51. The first-order valence-electron chi connectivity index (χ1n) is 4.35. The average Bonchev–Trinajstić information content (AvgIpc) is 2.42. The third kappa shape index (κ3) is 1.86. The van der Waals surface area contributed by atoms with Crippen LogP contribution in [-0.4, -0.2) is 8.75 Å². The Morgan fingerprint density at radius 3 is 3.00 bits per heavy atom. The highest BCUT2D eigenvalue weighted by atomic mass is 32.1. The van der Waals surface area contributed by atoms with Crippen molar-refractivity contribution in [1.29, 1.82) is 0 Å². The molecule has 0 fully saturated rings. The lowest BCUT2D eigenvalue weighted by atomic mass is 9.86. The lowest BCUT2D eigenvalue weighted by Gasteiger charge is -2.19. The van der Waals surface area contributed by atoms with Gasteiger partial charge in [0.25, 0.3) is 0 Å². The van der Waals surface area contributed by atoms with E-state index in [2.05, 4.69) is 34.7 Å². The second kappa shape index (κ2) is 3.07. The predicted molar refractivity (Wildman–Crippen MR) is 55.6 cm³/mol. The lowest BCUT2D eigenvalue weighted by molar-refractivity contribution is 0.472. The zero-order valence-electron chi connectivity index (χ0n) is 7.82. The van der Waals surface area contributed by atoms with Gasteiger partial charge >= 0.3 is 0 Å². The molecule has 1 aromatic rings. The Morgan fingerprint density at radius 2 is 2.15 bits per heavy atom. The zero-order chi connectivity index (χ0) is 9.31. The molecule has 0 atom stereocenters. The molecule has 1 aliphatic carbocycles. The van der Waals surface area contributed by atoms with Crippen molar-refractivity contribution in [3.63, 3.8) is 0 Å². The molecular weight excluding hydrogens is 180 g/mol. The second-order valence-electron chi connectivity index (χ2n) is 3.98. The first-order valence-corrected chi connectivity index (χ1v) is 5.08. The average molecular weight is 192 g/mol. The van der Waals surface area contributed by atoms with Crippen LogP contribution in [0.1, 0.15) is 25.2 Å². The molecule has 0 aromatic carbocycles. The molecule has 0 amide bonds. The molecule has 0 saturated carbocycles. The summed E-state index contributed by atoms with van der Waals surface area (Å²) in [4.78, 5) is 0. The highest BCUT2D eigenvalue weighted by Gasteiger charge is 2.19. The van der Waals surface area contributed by atoms with E-state index < -0.39 is 0 Å². The highest BCUT2D eigenvalue weighted by molar-refractivity contribution is 6.99. The Bertz CT molecular complexity index is 361. The van der Waals surface area contributed by atoms with Crippen LogP contribution in [0, 0.1) is 5.41 Å². The first-order chi connectivity index (χ1) is 6.17. The molecule has 1 aromatic heterocycles. The molecule has 1 heterocycles. The monoisotopic (exact) mass is 192 g/mol. The maximum atomic E-state index is 4.30. The van der Waals surface area contributed by atoms with Crippen molar-refractivity contribution in [2.45, 2.75) is 20.3 Å². The number of fused-ring (bicyclic) bond motifs is 1. The quantitative estimate of drug-likeness (QED) is 0.631. The van der Waals surface area contributed by atoms with E-state index in [-0.39, 0.29) is 5.41 Å². The fourth-order valence-corrected chi connectivity index (χ4v) is 1.97. The Hall–Kier alpha value is -0.960. The Morgan fingerprint density at radius 1 is 1.31 bits per heavy atom. The summed E-state index contributed by atoms with van der Waals surface area (Å²) in [5.74, 6) is 0.